The maximum absolute atomic E-state index is 6.14. The lowest BCUT2D eigenvalue weighted by atomic mass is 9.88. The minimum Gasteiger partial charge on any atom is -0.487 e. The van der Waals surface area contributed by atoms with Crippen molar-refractivity contribution in [2.24, 2.45) is 0 Å². The molecule has 1 aromatic rings. The highest BCUT2D eigenvalue weighted by atomic mass is 16.5. The van der Waals surface area contributed by atoms with E-state index in [2.05, 4.69) is 48.3 Å². The molecule has 2 aliphatic heterocycles. The van der Waals surface area contributed by atoms with E-state index in [0.717, 1.165) is 38.4 Å². The molecule has 0 saturated carbocycles. The highest BCUT2D eigenvalue weighted by Gasteiger charge is 2.38. The normalized spacial score (nSPS) is 28.7. The maximum atomic E-state index is 6.14. The average Bonchev–Trinajstić information content (AvgIpc) is 2.46. The van der Waals surface area contributed by atoms with Gasteiger partial charge in [-0.05, 0) is 27.0 Å². The number of rotatable bonds is 3. The Kier molecular flexibility index (Phi) is 4.20. The molecule has 4 heteroatoms. The van der Waals surface area contributed by atoms with Gasteiger partial charge in [-0.1, -0.05) is 18.2 Å². The van der Waals surface area contributed by atoms with E-state index in [9.17, 15) is 0 Å². The van der Waals surface area contributed by atoms with Gasteiger partial charge in [-0.25, -0.2) is 0 Å². The summed E-state index contributed by atoms with van der Waals surface area (Å²) in [6.07, 6.45) is 1.30. The van der Waals surface area contributed by atoms with E-state index >= 15 is 0 Å². The quantitative estimate of drug-likeness (QED) is 0.925. The van der Waals surface area contributed by atoms with E-state index in [1.165, 1.54) is 5.56 Å². The Morgan fingerprint density at radius 2 is 2.14 bits per heavy atom. The number of hydrogen-bond acceptors (Lipinski definition) is 4. The number of likely N-dealkylation sites (N-methyl/N-ethyl adjacent to an activating group) is 1. The van der Waals surface area contributed by atoms with Crippen LogP contribution >= 0.6 is 0 Å². The fourth-order valence-electron chi connectivity index (χ4n) is 3.47. The van der Waals surface area contributed by atoms with Crippen molar-refractivity contribution < 1.29 is 9.47 Å². The van der Waals surface area contributed by atoms with Gasteiger partial charge in [0.1, 0.15) is 11.4 Å². The molecule has 2 atom stereocenters. The van der Waals surface area contributed by atoms with Crippen LogP contribution in [0.4, 0.5) is 0 Å². The van der Waals surface area contributed by atoms with Crippen molar-refractivity contribution in [2.75, 3.05) is 33.3 Å². The third-order valence-corrected chi connectivity index (χ3v) is 4.39. The summed E-state index contributed by atoms with van der Waals surface area (Å²) in [4.78, 5) is 2.56. The Morgan fingerprint density at radius 1 is 1.33 bits per heavy atom. The number of nitrogens with zero attached hydrogens (tertiary/aromatic N) is 1. The second-order valence-electron chi connectivity index (χ2n) is 6.66. The van der Waals surface area contributed by atoms with Crippen molar-refractivity contribution in [1.82, 2.24) is 10.2 Å². The van der Waals surface area contributed by atoms with Crippen LogP contribution in [0.2, 0.25) is 0 Å². The molecule has 4 nitrogen and oxygen atoms in total. The van der Waals surface area contributed by atoms with Gasteiger partial charge in [-0.15, -0.1) is 0 Å². The van der Waals surface area contributed by atoms with E-state index in [-0.39, 0.29) is 11.7 Å². The van der Waals surface area contributed by atoms with Crippen molar-refractivity contribution in [3.05, 3.63) is 29.8 Å². The first-order chi connectivity index (χ1) is 10.1. The molecular formula is C17H26N2O2. The number of nitrogens with one attached hydrogen (secondary N) is 1. The second kappa shape index (κ2) is 5.95. The molecule has 2 heterocycles. The van der Waals surface area contributed by atoms with Crippen molar-refractivity contribution >= 4 is 0 Å². The van der Waals surface area contributed by atoms with E-state index in [1.54, 1.807) is 0 Å². The van der Waals surface area contributed by atoms with Gasteiger partial charge in [-0.3, -0.25) is 4.90 Å². The van der Waals surface area contributed by atoms with Crippen LogP contribution in [0.15, 0.2) is 24.3 Å². The van der Waals surface area contributed by atoms with Gasteiger partial charge >= 0.3 is 0 Å². The summed E-state index contributed by atoms with van der Waals surface area (Å²) in [6, 6.07) is 8.89. The minimum absolute atomic E-state index is 0.115. The average molecular weight is 290 g/mol. The number of morpholine rings is 1. The molecule has 0 aromatic heterocycles. The monoisotopic (exact) mass is 290 g/mol. The minimum atomic E-state index is -0.115. The van der Waals surface area contributed by atoms with Gasteiger partial charge < -0.3 is 14.8 Å². The van der Waals surface area contributed by atoms with Gasteiger partial charge in [0.15, 0.2) is 0 Å². The zero-order chi connectivity index (χ0) is 14.9. The molecule has 0 bridgehead atoms. The molecule has 0 radical (unpaired) electrons. The fraction of sp³-hybridized carbons (Fsp3) is 0.647. The first-order valence-electron chi connectivity index (χ1n) is 7.87. The van der Waals surface area contributed by atoms with Gasteiger partial charge in [-0.2, -0.15) is 0 Å². The Labute approximate surface area is 127 Å². The standard InChI is InChI=1S/C17H26N2O2/c1-17(2)10-15(14-6-4-5-7-16(14)21-17)19-8-9-20-13(12-19)11-18-3/h4-7,13,15,18H,8-12H2,1-3H3. The summed E-state index contributed by atoms with van der Waals surface area (Å²) < 4.78 is 12.0. The van der Waals surface area contributed by atoms with Crippen LogP contribution in [0.3, 0.4) is 0 Å². The van der Waals surface area contributed by atoms with Gasteiger partial charge in [0, 0.05) is 37.7 Å². The Balaban J connectivity index is 1.83. The number of ether oxygens (including phenoxy) is 2. The molecule has 1 fully saturated rings. The largest absolute Gasteiger partial charge is 0.487 e. The van der Waals surface area contributed by atoms with Crippen LogP contribution in [-0.2, 0) is 4.74 Å². The maximum Gasteiger partial charge on any atom is 0.124 e. The number of benzene rings is 1. The lowest BCUT2D eigenvalue weighted by Crippen LogP contribution is -2.50. The summed E-state index contributed by atoms with van der Waals surface area (Å²) in [6.45, 7) is 8.06. The SMILES string of the molecule is CNCC1CN(C2CC(C)(C)Oc3ccccc32)CCO1. The van der Waals surface area contributed by atoms with Gasteiger partial charge in [0.25, 0.3) is 0 Å². The smallest absolute Gasteiger partial charge is 0.124 e. The topological polar surface area (TPSA) is 33.7 Å². The molecule has 1 aromatic carbocycles. The van der Waals surface area contributed by atoms with Crippen LogP contribution < -0.4 is 10.1 Å². The van der Waals surface area contributed by atoms with E-state index in [0.29, 0.717) is 6.04 Å². The highest BCUT2D eigenvalue weighted by molar-refractivity contribution is 5.38. The fourth-order valence-corrected chi connectivity index (χ4v) is 3.47. The third kappa shape index (κ3) is 3.23. The van der Waals surface area contributed by atoms with Crippen molar-refractivity contribution in [1.29, 1.82) is 0 Å². The Bertz CT molecular complexity index is 487. The summed E-state index contributed by atoms with van der Waals surface area (Å²) >= 11 is 0. The first-order valence-corrected chi connectivity index (χ1v) is 7.87. The number of fused-ring (bicyclic) bond motifs is 1. The Morgan fingerprint density at radius 3 is 2.95 bits per heavy atom. The number of hydrogen-bond donors (Lipinski definition) is 1. The predicted octanol–water partition coefficient (Wildman–Crippen LogP) is 2.21. The zero-order valence-electron chi connectivity index (χ0n) is 13.3. The molecule has 0 spiro atoms. The van der Waals surface area contributed by atoms with Crippen molar-refractivity contribution in [3.63, 3.8) is 0 Å². The molecule has 0 amide bonds. The van der Waals surface area contributed by atoms with Crippen LogP contribution in [0.5, 0.6) is 5.75 Å². The zero-order valence-corrected chi connectivity index (χ0v) is 13.3. The van der Waals surface area contributed by atoms with Crippen molar-refractivity contribution in [2.45, 2.75) is 38.0 Å². The summed E-state index contributed by atoms with van der Waals surface area (Å²) in [5.74, 6) is 1.04. The molecule has 116 valence electrons. The lowest BCUT2D eigenvalue weighted by molar-refractivity contribution is -0.0599. The summed E-state index contributed by atoms with van der Waals surface area (Å²) in [5.41, 5.74) is 1.21. The highest BCUT2D eigenvalue weighted by Crippen LogP contribution is 2.42. The van der Waals surface area contributed by atoms with Crippen LogP contribution in [0.25, 0.3) is 0 Å². The van der Waals surface area contributed by atoms with E-state index < -0.39 is 0 Å². The summed E-state index contributed by atoms with van der Waals surface area (Å²) in [5, 5.41) is 3.22. The molecule has 3 rings (SSSR count). The number of para-hydroxylation sites is 1. The van der Waals surface area contributed by atoms with Crippen LogP contribution in [0.1, 0.15) is 31.9 Å². The molecule has 2 unspecified atom stereocenters. The molecule has 1 saturated heterocycles. The molecule has 2 aliphatic rings. The summed E-state index contributed by atoms with van der Waals surface area (Å²) in [7, 11) is 1.98. The van der Waals surface area contributed by atoms with E-state index in [4.69, 9.17) is 9.47 Å². The van der Waals surface area contributed by atoms with Crippen molar-refractivity contribution in [3.8, 4) is 5.75 Å². The molecular weight excluding hydrogens is 264 g/mol. The van der Waals surface area contributed by atoms with Crippen LogP contribution in [-0.4, -0.2) is 49.9 Å². The van der Waals surface area contributed by atoms with Gasteiger partial charge in [0.2, 0.25) is 0 Å². The van der Waals surface area contributed by atoms with Crippen LogP contribution in [0, 0.1) is 0 Å². The van der Waals surface area contributed by atoms with E-state index in [1.807, 2.05) is 7.05 Å². The lowest BCUT2D eigenvalue weighted by Gasteiger charge is -2.45. The van der Waals surface area contributed by atoms with Gasteiger partial charge in [0.05, 0.1) is 12.7 Å². The second-order valence-corrected chi connectivity index (χ2v) is 6.66. The molecule has 0 aliphatic carbocycles. The third-order valence-electron chi connectivity index (χ3n) is 4.39. The molecule has 1 N–H and O–H groups in total. The predicted molar refractivity (Wildman–Crippen MR) is 83.7 cm³/mol. The Hall–Kier alpha value is -1.10. The first kappa shape index (κ1) is 14.8. The molecule has 21 heavy (non-hydrogen) atoms.